The summed E-state index contributed by atoms with van der Waals surface area (Å²) in [7, 11) is 0. The summed E-state index contributed by atoms with van der Waals surface area (Å²) >= 11 is 0. The van der Waals surface area contributed by atoms with Crippen LogP contribution in [0.1, 0.15) is 0 Å². The molecule has 1 aromatic carbocycles. The van der Waals surface area contributed by atoms with Gasteiger partial charge in [-0.05, 0) is 24.3 Å². The third-order valence-corrected chi connectivity index (χ3v) is 3.12. The fourth-order valence-electron chi connectivity index (χ4n) is 1.98. The van der Waals surface area contributed by atoms with Crippen LogP contribution < -0.4 is 5.32 Å². The zero-order valence-corrected chi connectivity index (χ0v) is 12.3. The molecular weight excluding hydrogens is 304 g/mol. The fourth-order valence-corrected chi connectivity index (χ4v) is 1.98. The highest BCUT2D eigenvalue weighted by Crippen LogP contribution is 2.29. The van der Waals surface area contributed by atoms with Crippen molar-refractivity contribution in [3.05, 3.63) is 60.6 Å². The Balaban J connectivity index is 1.94. The summed E-state index contributed by atoms with van der Waals surface area (Å²) in [6.45, 7) is 0. The quantitative estimate of drug-likeness (QED) is 0.736. The van der Waals surface area contributed by atoms with Crippen molar-refractivity contribution >= 4 is 5.69 Å². The molecule has 0 fully saturated rings. The van der Waals surface area contributed by atoms with Gasteiger partial charge in [0, 0.05) is 24.2 Å². The van der Waals surface area contributed by atoms with Crippen molar-refractivity contribution in [1.29, 1.82) is 10.5 Å². The average Bonchev–Trinajstić information content (AvgIpc) is 3.14. The SMILES string of the molecule is N#CC(C#N)=CNc1ccccc1-c1nnc(-c2ccncc2)o1. The van der Waals surface area contributed by atoms with Gasteiger partial charge in [-0.2, -0.15) is 10.5 Å². The van der Waals surface area contributed by atoms with E-state index in [9.17, 15) is 0 Å². The van der Waals surface area contributed by atoms with E-state index in [2.05, 4.69) is 20.5 Å². The molecule has 7 nitrogen and oxygen atoms in total. The fraction of sp³-hybridized carbons (Fsp3) is 0. The average molecular weight is 314 g/mol. The van der Waals surface area contributed by atoms with Crippen molar-refractivity contribution < 1.29 is 4.42 Å². The molecule has 24 heavy (non-hydrogen) atoms. The lowest BCUT2D eigenvalue weighted by Gasteiger charge is -2.05. The maximum Gasteiger partial charge on any atom is 0.250 e. The molecule has 0 amide bonds. The third kappa shape index (κ3) is 3.11. The number of anilines is 1. The summed E-state index contributed by atoms with van der Waals surface area (Å²) in [5.41, 5.74) is 2.04. The Labute approximate surface area is 137 Å². The van der Waals surface area contributed by atoms with E-state index in [1.807, 2.05) is 12.1 Å². The molecule has 7 heteroatoms. The van der Waals surface area contributed by atoms with E-state index >= 15 is 0 Å². The van der Waals surface area contributed by atoms with Crippen LogP contribution in [0.25, 0.3) is 22.9 Å². The Kier molecular flexibility index (Phi) is 4.27. The Morgan fingerprint density at radius 2 is 1.71 bits per heavy atom. The largest absolute Gasteiger partial charge is 0.416 e. The normalized spacial score (nSPS) is 9.58. The minimum Gasteiger partial charge on any atom is -0.416 e. The molecule has 0 saturated heterocycles. The van der Waals surface area contributed by atoms with Gasteiger partial charge < -0.3 is 9.73 Å². The van der Waals surface area contributed by atoms with E-state index in [4.69, 9.17) is 14.9 Å². The molecule has 0 radical (unpaired) electrons. The molecular formula is C17H10N6O. The van der Waals surface area contributed by atoms with Gasteiger partial charge in [-0.25, -0.2) is 0 Å². The molecule has 0 atom stereocenters. The van der Waals surface area contributed by atoms with Crippen LogP contribution in [0.5, 0.6) is 0 Å². The number of hydrogen-bond donors (Lipinski definition) is 1. The zero-order chi connectivity index (χ0) is 16.8. The first kappa shape index (κ1) is 14.9. The van der Waals surface area contributed by atoms with Crippen LogP contribution >= 0.6 is 0 Å². The first-order valence-corrected chi connectivity index (χ1v) is 6.92. The van der Waals surface area contributed by atoms with Crippen molar-refractivity contribution in [2.24, 2.45) is 0 Å². The number of rotatable bonds is 4. The predicted octanol–water partition coefficient (Wildman–Crippen LogP) is 3.14. The molecule has 1 N–H and O–H groups in total. The second kappa shape index (κ2) is 6.86. The van der Waals surface area contributed by atoms with E-state index in [-0.39, 0.29) is 5.57 Å². The molecule has 0 unspecified atom stereocenters. The summed E-state index contributed by atoms with van der Waals surface area (Å²) < 4.78 is 5.72. The summed E-state index contributed by atoms with van der Waals surface area (Å²) in [5.74, 6) is 0.710. The first-order valence-electron chi connectivity index (χ1n) is 6.92. The van der Waals surface area contributed by atoms with E-state index < -0.39 is 0 Å². The Bertz CT molecular complexity index is 946. The minimum atomic E-state index is -0.0344. The van der Waals surface area contributed by atoms with Crippen molar-refractivity contribution in [3.8, 4) is 35.0 Å². The smallest absolute Gasteiger partial charge is 0.250 e. The van der Waals surface area contributed by atoms with E-state index in [1.165, 1.54) is 6.20 Å². The number of pyridine rings is 1. The van der Waals surface area contributed by atoms with Gasteiger partial charge in [0.05, 0.1) is 11.3 Å². The van der Waals surface area contributed by atoms with Crippen molar-refractivity contribution in [1.82, 2.24) is 15.2 Å². The highest BCUT2D eigenvalue weighted by atomic mass is 16.4. The number of para-hydroxylation sites is 1. The number of nitrogens with zero attached hydrogens (tertiary/aromatic N) is 5. The Morgan fingerprint density at radius 1 is 1.00 bits per heavy atom. The summed E-state index contributed by atoms with van der Waals surface area (Å²) in [6.07, 6.45) is 4.62. The number of hydrogen-bond acceptors (Lipinski definition) is 7. The van der Waals surface area contributed by atoms with E-state index in [0.29, 0.717) is 23.0 Å². The van der Waals surface area contributed by atoms with Crippen molar-refractivity contribution in [2.45, 2.75) is 0 Å². The van der Waals surface area contributed by atoms with Crippen LogP contribution in [0.2, 0.25) is 0 Å². The molecule has 0 aliphatic carbocycles. The van der Waals surface area contributed by atoms with Gasteiger partial charge in [0.2, 0.25) is 11.8 Å². The monoisotopic (exact) mass is 314 g/mol. The molecule has 3 rings (SSSR count). The van der Waals surface area contributed by atoms with Crippen molar-refractivity contribution in [3.63, 3.8) is 0 Å². The van der Waals surface area contributed by atoms with E-state index in [0.717, 1.165) is 5.56 Å². The third-order valence-electron chi connectivity index (χ3n) is 3.12. The van der Waals surface area contributed by atoms with E-state index in [1.54, 1.807) is 48.8 Å². The van der Waals surface area contributed by atoms with Gasteiger partial charge in [-0.15, -0.1) is 10.2 Å². The molecule has 0 bridgehead atoms. The molecule has 0 aliphatic rings. The van der Waals surface area contributed by atoms with Gasteiger partial charge in [-0.3, -0.25) is 4.98 Å². The molecule has 0 aliphatic heterocycles. The topological polar surface area (TPSA) is 111 Å². The predicted molar refractivity (Wildman–Crippen MR) is 85.9 cm³/mol. The molecule has 3 aromatic rings. The van der Waals surface area contributed by atoms with Gasteiger partial charge in [0.25, 0.3) is 0 Å². The molecule has 114 valence electrons. The minimum absolute atomic E-state index is 0.0344. The Hall–Kier alpha value is -3.97. The van der Waals surface area contributed by atoms with Crippen LogP contribution in [0.3, 0.4) is 0 Å². The maximum atomic E-state index is 8.79. The molecule has 0 saturated carbocycles. The van der Waals surface area contributed by atoms with Crippen LogP contribution in [0.4, 0.5) is 5.69 Å². The van der Waals surface area contributed by atoms with Gasteiger partial charge in [-0.1, -0.05) is 12.1 Å². The number of allylic oxidation sites excluding steroid dienone is 1. The number of nitriles is 2. The van der Waals surface area contributed by atoms with Gasteiger partial charge in [0.1, 0.15) is 17.7 Å². The second-order valence-electron chi connectivity index (χ2n) is 4.62. The summed E-state index contributed by atoms with van der Waals surface area (Å²) in [4.78, 5) is 3.95. The number of benzene rings is 1. The molecule has 0 spiro atoms. The van der Waals surface area contributed by atoms with Gasteiger partial charge in [0.15, 0.2) is 0 Å². The molecule has 2 heterocycles. The van der Waals surface area contributed by atoms with Crippen LogP contribution in [0, 0.1) is 22.7 Å². The zero-order valence-electron chi connectivity index (χ0n) is 12.3. The van der Waals surface area contributed by atoms with Gasteiger partial charge >= 0.3 is 0 Å². The summed E-state index contributed by atoms with van der Waals surface area (Å²) in [5, 5.41) is 28.6. The molecule has 2 aromatic heterocycles. The lowest BCUT2D eigenvalue weighted by molar-refractivity contribution is 0.584. The first-order chi connectivity index (χ1) is 11.8. The van der Waals surface area contributed by atoms with Crippen LogP contribution in [0.15, 0.2) is 65.0 Å². The Morgan fingerprint density at radius 3 is 2.46 bits per heavy atom. The summed E-state index contributed by atoms with van der Waals surface area (Å²) in [6, 6.07) is 14.4. The number of nitrogens with one attached hydrogen (secondary N) is 1. The lowest BCUT2D eigenvalue weighted by Crippen LogP contribution is -1.93. The van der Waals surface area contributed by atoms with Crippen LogP contribution in [-0.2, 0) is 0 Å². The standard InChI is InChI=1S/C17H10N6O/c18-9-12(10-19)11-21-15-4-2-1-3-14(15)17-23-22-16(24-17)13-5-7-20-8-6-13/h1-8,11,21H. The highest BCUT2D eigenvalue weighted by molar-refractivity contribution is 5.74. The van der Waals surface area contributed by atoms with Crippen molar-refractivity contribution in [2.75, 3.05) is 5.32 Å². The second-order valence-corrected chi connectivity index (χ2v) is 4.62. The maximum absolute atomic E-state index is 8.79. The lowest BCUT2D eigenvalue weighted by atomic mass is 10.2. The number of aromatic nitrogens is 3. The van der Waals surface area contributed by atoms with Crippen LogP contribution in [-0.4, -0.2) is 15.2 Å². The highest BCUT2D eigenvalue weighted by Gasteiger charge is 2.13.